The van der Waals surface area contributed by atoms with Crippen LogP contribution >= 0.6 is 0 Å². The summed E-state index contributed by atoms with van der Waals surface area (Å²) in [5.74, 6) is -2.22. The fourth-order valence-electron chi connectivity index (χ4n) is 8.06. The lowest BCUT2D eigenvalue weighted by Crippen LogP contribution is -2.56. The van der Waals surface area contributed by atoms with Crippen molar-refractivity contribution in [2.75, 3.05) is 36.0 Å². The highest BCUT2D eigenvalue weighted by Crippen LogP contribution is 2.63. The molecule has 8 heteroatoms. The molecule has 0 radical (unpaired) electrons. The normalized spacial score (nSPS) is 26.3. The third kappa shape index (κ3) is 5.23. The number of benzene rings is 3. The second-order valence-corrected chi connectivity index (χ2v) is 12.9. The zero-order valence-electron chi connectivity index (χ0n) is 26.5. The number of fused-ring (bicyclic) bond motifs is 2. The van der Waals surface area contributed by atoms with Gasteiger partial charge < -0.3 is 24.5 Å². The van der Waals surface area contributed by atoms with E-state index in [9.17, 15) is 19.5 Å². The molecule has 2 bridgehead atoms. The molecule has 2 unspecified atom stereocenters. The first-order chi connectivity index (χ1) is 22.3. The van der Waals surface area contributed by atoms with E-state index < -0.39 is 29.1 Å². The van der Waals surface area contributed by atoms with E-state index in [2.05, 4.69) is 13.2 Å². The van der Waals surface area contributed by atoms with Crippen LogP contribution < -0.4 is 9.80 Å². The molecule has 5 atom stereocenters. The number of para-hydroxylation sites is 1. The number of hydrogen-bond donors (Lipinski definition) is 1. The molecule has 3 amide bonds. The van der Waals surface area contributed by atoms with Gasteiger partial charge in [-0.1, -0.05) is 60.7 Å². The van der Waals surface area contributed by atoms with Gasteiger partial charge >= 0.3 is 0 Å². The molecule has 0 aromatic heterocycles. The first-order valence-electron chi connectivity index (χ1n) is 16.3. The van der Waals surface area contributed by atoms with Crippen LogP contribution in [-0.2, 0) is 19.1 Å². The van der Waals surface area contributed by atoms with Gasteiger partial charge in [0.1, 0.15) is 11.6 Å². The highest BCUT2D eigenvalue weighted by molar-refractivity contribution is 6.07. The Labute approximate surface area is 270 Å². The van der Waals surface area contributed by atoms with Gasteiger partial charge in [-0.2, -0.15) is 0 Å². The van der Waals surface area contributed by atoms with E-state index in [1.54, 1.807) is 26.9 Å². The summed E-state index contributed by atoms with van der Waals surface area (Å²) in [4.78, 5) is 49.2. The number of rotatable bonds is 13. The molecule has 0 saturated carbocycles. The van der Waals surface area contributed by atoms with E-state index in [0.717, 1.165) is 16.5 Å². The maximum atomic E-state index is 14.9. The molecule has 3 aliphatic heterocycles. The Morgan fingerprint density at radius 1 is 0.891 bits per heavy atom. The number of ether oxygens (including phenoxy) is 1. The maximum absolute atomic E-state index is 14.9. The summed E-state index contributed by atoms with van der Waals surface area (Å²) in [6.07, 6.45) is 6.38. The Bertz CT molecular complexity index is 1640. The van der Waals surface area contributed by atoms with Crippen LogP contribution in [0.5, 0.6) is 0 Å². The van der Waals surface area contributed by atoms with Crippen molar-refractivity contribution in [2.24, 2.45) is 11.8 Å². The van der Waals surface area contributed by atoms with E-state index in [4.69, 9.17) is 4.74 Å². The minimum absolute atomic E-state index is 0.0641. The number of likely N-dealkylation sites (tertiary alicyclic amines) is 1. The second kappa shape index (κ2) is 12.9. The van der Waals surface area contributed by atoms with E-state index in [0.29, 0.717) is 44.3 Å². The summed E-state index contributed by atoms with van der Waals surface area (Å²) >= 11 is 0. The number of hydrogen-bond acceptors (Lipinski definition) is 5. The van der Waals surface area contributed by atoms with Crippen LogP contribution in [0.25, 0.3) is 10.8 Å². The first kappa shape index (κ1) is 31.7. The standard InChI is InChI=1S/C38H43N3O5/c1-4-22-39(29-16-8-6-9-17-29)34(43)31-32-35(44)41(24-12-7-13-25-42)33(38(32)21-20-37(31,3)46-38)36(45)40(23-5-2)30-19-18-27-14-10-11-15-28(27)26-30/h4-6,8-11,14-19,26,31-33,42H,1-2,7,12-13,20-25H2,3H3/t31-,32+,33?,37+,38?/m1/s1. The zero-order valence-corrected chi connectivity index (χ0v) is 26.5. The Morgan fingerprint density at radius 3 is 2.26 bits per heavy atom. The summed E-state index contributed by atoms with van der Waals surface area (Å²) in [5, 5.41) is 11.5. The quantitative estimate of drug-likeness (QED) is 0.201. The third-order valence-electron chi connectivity index (χ3n) is 10.1. The van der Waals surface area contributed by atoms with Gasteiger partial charge in [0.2, 0.25) is 11.8 Å². The smallest absolute Gasteiger partial charge is 0.253 e. The number of amides is 3. The van der Waals surface area contributed by atoms with Gasteiger partial charge in [-0.05, 0) is 74.1 Å². The van der Waals surface area contributed by atoms with Crippen molar-refractivity contribution in [3.05, 3.63) is 98.1 Å². The van der Waals surface area contributed by atoms with E-state index in [1.165, 1.54) is 0 Å². The van der Waals surface area contributed by atoms with Crippen molar-refractivity contribution in [1.29, 1.82) is 0 Å². The van der Waals surface area contributed by atoms with Crippen molar-refractivity contribution in [3.63, 3.8) is 0 Å². The number of aliphatic hydroxyl groups is 1. The van der Waals surface area contributed by atoms with Crippen LogP contribution in [0.1, 0.15) is 39.0 Å². The monoisotopic (exact) mass is 621 g/mol. The number of carbonyl (C=O) groups excluding carboxylic acids is 3. The lowest BCUT2D eigenvalue weighted by atomic mass is 9.66. The van der Waals surface area contributed by atoms with Crippen molar-refractivity contribution in [3.8, 4) is 0 Å². The van der Waals surface area contributed by atoms with Gasteiger partial charge in [-0.15, -0.1) is 13.2 Å². The topological polar surface area (TPSA) is 90.4 Å². The Balaban J connectivity index is 1.42. The number of anilines is 2. The summed E-state index contributed by atoms with van der Waals surface area (Å²) in [5.41, 5.74) is -0.615. The third-order valence-corrected chi connectivity index (χ3v) is 10.1. The molecule has 1 N–H and O–H groups in total. The number of carbonyl (C=O) groups is 3. The van der Waals surface area contributed by atoms with Crippen LogP contribution in [0.15, 0.2) is 98.1 Å². The number of nitrogens with zero attached hydrogens (tertiary/aromatic N) is 3. The Morgan fingerprint density at radius 2 is 1.57 bits per heavy atom. The van der Waals surface area contributed by atoms with Gasteiger partial charge in [0, 0.05) is 37.6 Å². The van der Waals surface area contributed by atoms with Crippen molar-refractivity contribution < 1.29 is 24.2 Å². The Hall–Kier alpha value is -4.27. The highest BCUT2D eigenvalue weighted by Gasteiger charge is 2.78. The van der Waals surface area contributed by atoms with Gasteiger partial charge in [-0.3, -0.25) is 14.4 Å². The van der Waals surface area contributed by atoms with Crippen LogP contribution in [0, 0.1) is 11.8 Å². The molecule has 3 aromatic rings. The molecule has 1 spiro atoms. The average Bonchev–Trinajstić information content (AvgIpc) is 3.64. The molecule has 3 fully saturated rings. The largest absolute Gasteiger partial charge is 0.396 e. The zero-order chi connectivity index (χ0) is 32.5. The summed E-state index contributed by atoms with van der Waals surface area (Å²) in [7, 11) is 0. The second-order valence-electron chi connectivity index (χ2n) is 12.9. The molecule has 3 saturated heterocycles. The SMILES string of the molecule is C=CCN(C(=O)C1N(CCCCCO)C(=O)[C@@H]2[C@H](C(=O)N(CC=C)c3ccccc3)[C@]3(C)CCC12O3)c1ccc2ccccc2c1. The molecule has 3 aromatic carbocycles. The molecule has 46 heavy (non-hydrogen) atoms. The number of aliphatic hydroxyl groups excluding tert-OH is 1. The summed E-state index contributed by atoms with van der Waals surface area (Å²) in [6.45, 7) is 10.7. The maximum Gasteiger partial charge on any atom is 0.253 e. The first-order valence-corrected chi connectivity index (χ1v) is 16.3. The summed E-state index contributed by atoms with van der Waals surface area (Å²) in [6, 6.07) is 22.4. The lowest BCUT2D eigenvalue weighted by Gasteiger charge is -2.37. The molecule has 0 aliphatic carbocycles. The lowest BCUT2D eigenvalue weighted by molar-refractivity contribution is -0.144. The molecule has 3 heterocycles. The molecular weight excluding hydrogens is 578 g/mol. The average molecular weight is 622 g/mol. The van der Waals surface area contributed by atoms with Crippen molar-refractivity contribution in [2.45, 2.75) is 56.3 Å². The molecule has 6 rings (SSSR count). The fourth-order valence-corrected chi connectivity index (χ4v) is 8.06. The van der Waals surface area contributed by atoms with Gasteiger partial charge in [0.25, 0.3) is 5.91 Å². The minimum Gasteiger partial charge on any atom is -0.396 e. The van der Waals surface area contributed by atoms with Crippen molar-refractivity contribution >= 4 is 39.9 Å². The van der Waals surface area contributed by atoms with Gasteiger partial charge in [0.05, 0.1) is 17.4 Å². The van der Waals surface area contributed by atoms with E-state index in [1.807, 2.05) is 79.7 Å². The fraction of sp³-hybridized carbons (Fsp3) is 0.395. The Kier molecular flexibility index (Phi) is 8.86. The molecule has 3 aliphatic rings. The van der Waals surface area contributed by atoms with Gasteiger partial charge in [0.15, 0.2) is 0 Å². The highest BCUT2D eigenvalue weighted by atomic mass is 16.5. The molecular formula is C38H43N3O5. The molecule has 240 valence electrons. The predicted octanol–water partition coefficient (Wildman–Crippen LogP) is 5.51. The van der Waals surface area contributed by atoms with E-state index >= 15 is 0 Å². The summed E-state index contributed by atoms with van der Waals surface area (Å²) < 4.78 is 6.92. The van der Waals surface area contributed by atoms with Crippen LogP contribution in [0.4, 0.5) is 11.4 Å². The minimum atomic E-state index is -1.15. The van der Waals surface area contributed by atoms with Crippen LogP contribution in [0.3, 0.4) is 0 Å². The van der Waals surface area contributed by atoms with Crippen LogP contribution in [0.2, 0.25) is 0 Å². The van der Waals surface area contributed by atoms with Crippen molar-refractivity contribution in [1.82, 2.24) is 4.90 Å². The number of unbranched alkanes of at least 4 members (excludes halogenated alkanes) is 2. The van der Waals surface area contributed by atoms with E-state index in [-0.39, 0.29) is 37.4 Å². The molecule has 8 nitrogen and oxygen atoms in total. The van der Waals surface area contributed by atoms with Gasteiger partial charge in [-0.25, -0.2) is 0 Å². The predicted molar refractivity (Wildman–Crippen MR) is 180 cm³/mol. The van der Waals surface area contributed by atoms with Crippen LogP contribution in [-0.4, -0.2) is 71.2 Å².